The van der Waals surface area contributed by atoms with Crippen molar-refractivity contribution in [3.63, 3.8) is 0 Å². The van der Waals surface area contributed by atoms with Crippen molar-refractivity contribution in [1.29, 1.82) is 0 Å². The van der Waals surface area contributed by atoms with E-state index in [2.05, 4.69) is 12.2 Å². The molecule has 0 saturated carbocycles. The van der Waals surface area contributed by atoms with Crippen LogP contribution in [0.5, 0.6) is 0 Å². The molecule has 0 aromatic heterocycles. The quantitative estimate of drug-likeness (QED) is 0.460. The lowest BCUT2D eigenvalue weighted by molar-refractivity contribution is 0.102. The van der Waals surface area contributed by atoms with Crippen LogP contribution in [0.2, 0.25) is 15.1 Å². The molecule has 3 rings (SSSR count). The fraction of sp³-hybridized carbons (Fsp3) is 0.316. The lowest BCUT2D eigenvalue weighted by Gasteiger charge is -2.38. The van der Waals surface area contributed by atoms with E-state index in [4.69, 9.17) is 34.8 Å². The first-order valence-electron chi connectivity index (χ1n) is 8.84. The summed E-state index contributed by atoms with van der Waals surface area (Å²) < 4.78 is 21.9. The Balaban J connectivity index is 1.92. The van der Waals surface area contributed by atoms with Crippen LogP contribution in [0, 0.1) is 0 Å². The average molecular weight is 464 g/mol. The highest BCUT2D eigenvalue weighted by Gasteiger charge is 2.30. The van der Waals surface area contributed by atoms with Gasteiger partial charge >= 0.3 is 0 Å². The van der Waals surface area contributed by atoms with Crippen LogP contribution in [-0.2, 0) is 6.42 Å². The maximum Gasteiger partial charge on any atom is 0.257 e. The van der Waals surface area contributed by atoms with E-state index < -0.39 is 16.7 Å². The van der Waals surface area contributed by atoms with E-state index in [0.29, 0.717) is 29.4 Å². The van der Waals surface area contributed by atoms with E-state index in [9.17, 15) is 13.9 Å². The molecule has 0 spiro atoms. The van der Waals surface area contributed by atoms with Gasteiger partial charge in [-0.2, -0.15) is 0 Å². The van der Waals surface area contributed by atoms with Gasteiger partial charge in [0.05, 0.1) is 27.0 Å². The van der Waals surface area contributed by atoms with Crippen LogP contribution >= 0.6 is 45.6 Å². The number of carbonyl (C=O) groups excluding carboxylic acids is 1. The van der Waals surface area contributed by atoms with Gasteiger partial charge in [-0.3, -0.25) is 18.2 Å². The summed E-state index contributed by atoms with van der Waals surface area (Å²) >= 11 is 18.6. The summed E-state index contributed by atoms with van der Waals surface area (Å²) in [6, 6.07) is 8.46. The van der Waals surface area contributed by atoms with E-state index in [1.807, 2.05) is 12.1 Å². The van der Waals surface area contributed by atoms with E-state index in [1.165, 1.54) is 10.4 Å². The van der Waals surface area contributed by atoms with Gasteiger partial charge in [0.15, 0.2) is 0 Å². The first-order chi connectivity index (χ1) is 13.2. The van der Waals surface area contributed by atoms with Gasteiger partial charge in [0.2, 0.25) is 0 Å². The molecule has 0 atom stereocenters. The highest BCUT2D eigenvalue weighted by atomic mass is 35.5. The standard InChI is InChI=1S/C19H21Cl3N2O3S/c1-2-4-12-7-13(20)9-14(8-12)23-19(25)16-10-15(11-17(21)18(16)22)24-5-3-6-28(24,26)27/h7-11,26-27H,2-6H2,1H3,(H,23,25). The topological polar surface area (TPSA) is 72.8 Å². The van der Waals surface area contributed by atoms with Gasteiger partial charge in [-0.25, -0.2) is 0 Å². The fourth-order valence-electron chi connectivity index (χ4n) is 3.19. The smallest absolute Gasteiger partial charge is 0.257 e. The number of hydrogen-bond donors (Lipinski definition) is 3. The van der Waals surface area contributed by atoms with Gasteiger partial charge < -0.3 is 5.32 Å². The molecule has 1 fully saturated rings. The first-order valence-corrected chi connectivity index (χ1v) is 11.7. The molecule has 2 aromatic rings. The molecule has 0 bridgehead atoms. The highest BCUT2D eigenvalue weighted by Crippen LogP contribution is 2.51. The molecule has 0 unspecified atom stereocenters. The number of hydrogen-bond acceptors (Lipinski definition) is 4. The molecule has 9 heteroatoms. The third-order valence-electron chi connectivity index (χ3n) is 4.43. The zero-order valence-electron chi connectivity index (χ0n) is 15.2. The van der Waals surface area contributed by atoms with Crippen molar-refractivity contribution < 1.29 is 13.9 Å². The number of amides is 1. The van der Waals surface area contributed by atoms with Gasteiger partial charge in [0.1, 0.15) is 0 Å². The van der Waals surface area contributed by atoms with Gasteiger partial charge in [0, 0.05) is 17.3 Å². The molecule has 152 valence electrons. The fourth-order valence-corrected chi connectivity index (χ4v) is 5.46. The lowest BCUT2D eigenvalue weighted by atomic mass is 10.1. The van der Waals surface area contributed by atoms with Crippen molar-refractivity contribution in [1.82, 2.24) is 0 Å². The normalized spacial score (nSPS) is 16.9. The van der Waals surface area contributed by atoms with Crippen LogP contribution in [0.4, 0.5) is 11.4 Å². The van der Waals surface area contributed by atoms with Crippen LogP contribution in [0.15, 0.2) is 30.3 Å². The number of benzene rings is 2. The predicted octanol–water partition coefficient (Wildman–Crippen LogP) is 6.73. The zero-order valence-corrected chi connectivity index (χ0v) is 18.3. The molecule has 2 aromatic carbocycles. The Morgan fingerprint density at radius 3 is 2.57 bits per heavy atom. The van der Waals surface area contributed by atoms with E-state index >= 15 is 0 Å². The average Bonchev–Trinajstić information content (AvgIpc) is 2.96. The lowest BCUT2D eigenvalue weighted by Crippen LogP contribution is -2.22. The van der Waals surface area contributed by atoms with Crippen molar-refractivity contribution in [2.75, 3.05) is 21.9 Å². The van der Waals surface area contributed by atoms with Crippen molar-refractivity contribution in [3.05, 3.63) is 56.5 Å². The Labute approximate surface area is 181 Å². The second-order valence-corrected chi connectivity index (χ2v) is 9.97. The SMILES string of the molecule is CCCc1cc(Cl)cc(NC(=O)c2cc(N3CCCS3(O)O)cc(Cl)c2Cl)c1. The predicted molar refractivity (Wildman–Crippen MR) is 120 cm³/mol. The number of rotatable bonds is 5. The van der Waals surface area contributed by atoms with Crippen LogP contribution in [-0.4, -0.2) is 27.3 Å². The molecule has 1 heterocycles. The summed E-state index contributed by atoms with van der Waals surface area (Å²) in [5.74, 6) is -0.161. The molecule has 1 amide bonds. The van der Waals surface area contributed by atoms with Crippen LogP contribution in [0.3, 0.4) is 0 Å². The molecule has 28 heavy (non-hydrogen) atoms. The molecule has 0 radical (unpaired) electrons. The Morgan fingerprint density at radius 2 is 1.93 bits per heavy atom. The summed E-state index contributed by atoms with van der Waals surface area (Å²) in [5.41, 5.74) is 2.19. The molecule has 1 aliphatic rings. The second kappa shape index (κ2) is 8.69. The van der Waals surface area contributed by atoms with Crippen molar-refractivity contribution in [2.45, 2.75) is 26.2 Å². The Morgan fingerprint density at radius 1 is 1.18 bits per heavy atom. The van der Waals surface area contributed by atoms with E-state index in [0.717, 1.165) is 18.4 Å². The van der Waals surface area contributed by atoms with Crippen LogP contribution in [0.25, 0.3) is 0 Å². The summed E-state index contributed by atoms with van der Waals surface area (Å²) in [6.45, 7) is 2.53. The molecular weight excluding hydrogens is 443 g/mol. The Hall–Kier alpha value is -1.15. The summed E-state index contributed by atoms with van der Waals surface area (Å²) in [4.78, 5) is 12.9. The maximum absolute atomic E-state index is 12.9. The van der Waals surface area contributed by atoms with E-state index in [-0.39, 0.29) is 21.4 Å². The Kier molecular flexibility index (Phi) is 6.69. The number of halogens is 3. The van der Waals surface area contributed by atoms with Gasteiger partial charge in [-0.1, -0.05) is 48.1 Å². The maximum atomic E-state index is 12.9. The minimum atomic E-state index is -2.91. The minimum Gasteiger partial charge on any atom is -0.322 e. The van der Waals surface area contributed by atoms with Crippen molar-refractivity contribution in [3.8, 4) is 0 Å². The van der Waals surface area contributed by atoms with Crippen molar-refractivity contribution in [2.24, 2.45) is 0 Å². The number of aryl methyl sites for hydroxylation is 1. The summed E-state index contributed by atoms with van der Waals surface area (Å²) in [7, 11) is -2.91. The number of nitrogens with one attached hydrogen (secondary N) is 1. The van der Waals surface area contributed by atoms with Gasteiger partial charge in [-0.05, 0) is 48.7 Å². The molecular formula is C19H21Cl3N2O3S. The van der Waals surface area contributed by atoms with E-state index in [1.54, 1.807) is 12.1 Å². The second-order valence-electron chi connectivity index (χ2n) is 6.63. The Bertz CT molecular complexity index is 908. The molecule has 3 N–H and O–H groups in total. The number of anilines is 2. The molecule has 1 aliphatic heterocycles. The zero-order chi connectivity index (χ0) is 20.5. The minimum absolute atomic E-state index is 0.106. The summed E-state index contributed by atoms with van der Waals surface area (Å²) in [6.07, 6.45) is 2.45. The van der Waals surface area contributed by atoms with Gasteiger partial charge in [0.25, 0.3) is 5.91 Å². The molecule has 1 saturated heterocycles. The largest absolute Gasteiger partial charge is 0.322 e. The van der Waals surface area contributed by atoms with Crippen LogP contribution in [0.1, 0.15) is 35.7 Å². The third kappa shape index (κ3) is 4.70. The van der Waals surface area contributed by atoms with Crippen molar-refractivity contribution >= 4 is 62.9 Å². The third-order valence-corrected chi connectivity index (χ3v) is 7.39. The molecule has 5 nitrogen and oxygen atoms in total. The van der Waals surface area contributed by atoms with Gasteiger partial charge in [-0.15, -0.1) is 10.8 Å². The number of carbonyl (C=O) groups is 1. The molecule has 0 aliphatic carbocycles. The number of nitrogens with zero attached hydrogens (tertiary/aromatic N) is 1. The first kappa shape index (κ1) is 21.6. The summed E-state index contributed by atoms with van der Waals surface area (Å²) in [5, 5.41) is 3.61. The monoisotopic (exact) mass is 462 g/mol. The highest BCUT2D eigenvalue weighted by molar-refractivity contribution is 8.25. The van der Waals surface area contributed by atoms with Crippen LogP contribution < -0.4 is 9.62 Å².